The number of benzene rings is 3. The lowest BCUT2D eigenvalue weighted by Gasteiger charge is -2.10. The maximum Gasteiger partial charge on any atom is 0.255 e. The Morgan fingerprint density at radius 1 is 0.938 bits per heavy atom. The van der Waals surface area contributed by atoms with Gasteiger partial charge in [-0.25, -0.2) is 14.4 Å². The average molecular weight is 428 g/mol. The number of aromatic nitrogens is 2. The Morgan fingerprint density at radius 2 is 1.75 bits per heavy atom. The molecule has 1 heterocycles. The second kappa shape index (κ2) is 9.70. The summed E-state index contributed by atoms with van der Waals surface area (Å²) in [5.41, 5.74) is 3.09. The molecule has 0 saturated heterocycles. The van der Waals surface area contributed by atoms with E-state index in [-0.39, 0.29) is 11.7 Å². The standard InChI is InChI=1S/C25H21FN4O2/c1-2-32-22-11-9-20(10-12-22)30-25(31)18-6-4-8-21(14-18)29-24-15-23(27-16-28-24)17-5-3-7-19(26)13-17/h3-16H,2H2,1H3,(H,30,31)(H,27,28,29). The number of hydrogen-bond donors (Lipinski definition) is 2. The average Bonchev–Trinajstić information content (AvgIpc) is 2.81. The van der Waals surface area contributed by atoms with Crippen molar-refractivity contribution in [1.82, 2.24) is 9.97 Å². The molecular weight excluding hydrogens is 407 g/mol. The molecule has 1 amide bonds. The number of amides is 1. The first kappa shape index (κ1) is 21.0. The van der Waals surface area contributed by atoms with Gasteiger partial charge in [0.25, 0.3) is 5.91 Å². The number of hydrogen-bond acceptors (Lipinski definition) is 5. The van der Waals surface area contributed by atoms with Crippen LogP contribution in [0.5, 0.6) is 5.75 Å². The molecule has 0 spiro atoms. The van der Waals surface area contributed by atoms with Crippen molar-refractivity contribution in [2.24, 2.45) is 0 Å². The number of halogens is 1. The van der Waals surface area contributed by atoms with Crippen LogP contribution in [0.25, 0.3) is 11.3 Å². The van der Waals surface area contributed by atoms with Crippen LogP contribution in [0.3, 0.4) is 0 Å². The lowest BCUT2D eigenvalue weighted by atomic mass is 10.1. The van der Waals surface area contributed by atoms with Crippen LogP contribution in [-0.4, -0.2) is 22.5 Å². The molecule has 0 fully saturated rings. The Labute approximate surface area is 185 Å². The van der Waals surface area contributed by atoms with Crippen LogP contribution in [0, 0.1) is 5.82 Å². The van der Waals surface area contributed by atoms with Gasteiger partial charge in [-0.3, -0.25) is 4.79 Å². The third-order valence-corrected chi connectivity index (χ3v) is 4.61. The molecule has 1 aromatic heterocycles. The minimum atomic E-state index is -0.332. The lowest BCUT2D eigenvalue weighted by molar-refractivity contribution is 0.102. The van der Waals surface area contributed by atoms with E-state index >= 15 is 0 Å². The molecule has 3 aromatic carbocycles. The summed E-state index contributed by atoms with van der Waals surface area (Å²) in [4.78, 5) is 21.1. The predicted molar refractivity (Wildman–Crippen MR) is 123 cm³/mol. The maximum absolute atomic E-state index is 13.5. The molecule has 4 aromatic rings. The van der Waals surface area contributed by atoms with Crippen molar-refractivity contribution in [3.8, 4) is 17.0 Å². The Morgan fingerprint density at radius 3 is 2.53 bits per heavy atom. The van der Waals surface area contributed by atoms with Crippen LogP contribution in [0.15, 0.2) is 85.2 Å². The summed E-state index contributed by atoms with van der Waals surface area (Å²) in [5, 5.41) is 6.04. The Bertz CT molecular complexity index is 1230. The first-order valence-electron chi connectivity index (χ1n) is 10.1. The van der Waals surface area contributed by atoms with Gasteiger partial charge >= 0.3 is 0 Å². The number of ether oxygens (including phenoxy) is 1. The molecule has 7 heteroatoms. The number of rotatable bonds is 7. The van der Waals surface area contributed by atoms with Crippen molar-refractivity contribution in [2.75, 3.05) is 17.2 Å². The third-order valence-electron chi connectivity index (χ3n) is 4.61. The molecule has 160 valence electrons. The predicted octanol–water partition coefficient (Wildman–Crippen LogP) is 5.68. The summed E-state index contributed by atoms with van der Waals surface area (Å²) in [6.45, 7) is 2.50. The number of carbonyl (C=O) groups is 1. The van der Waals surface area contributed by atoms with Crippen LogP contribution >= 0.6 is 0 Å². The van der Waals surface area contributed by atoms with E-state index in [1.807, 2.05) is 25.1 Å². The minimum Gasteiger partial charge on any atom is -0.494 e. The van der Waals surface area contributed by atoms with Gasteiger partial charge in [-0.05, 0) is 61.5 Å². The van der Waals surface area contributed by atoms with Gasteiger partial charge in [0.2, 0.25) is 0 Å². The van der Waals surface area contributed by atoms with Crippen LogP contribution in [0.4, 0.5) is 21.6 Å². The van der Waals surface area contributed by atoms with Gasteiger partial charge in [0.05, 0.1) is 12.3 Å². The summed E-state index contributed by atoms with van der Waals surface area (Å²) in [6.07, 6.45) is 1.41. The smallest absolute Gasteiger partial charge is 0.255 e. The fourth-order valence-corrected chi connectivity index (χ4v) is 3.12. The number of nitrogens with one attached hydrogen (secondary N) is 2. The fraction of sp³-hybridized carbons (Fsp3) is 0.0800. The van der Waals surface area contributed by atoms with E-state index in [9.17, 15) is 9.18 Å². The largest absolute Gasteiger partial charge is 0.494 e. The molecule has 0 bridgehead atoms. The van der Waals surface area contributed by atoms with E-state index in [1.165, 1.54) is 18.5 Å². The van der Waals surface area contributed by atoms with Gasteiger partial charge in [-0.2, -0.15) is 0 Å². The zero-order valence-electron chi connectivity index (χ0n) is 17.4. The van der Waals surface area contributed by atoms with E-state index in [1.54, 1.807) is 48.5 Å². The highest BCUT2D eigenvalue weighted by atomic mass is 19.1. The summed E-state index contributed by atoms with van der Waals surface area (Å²) < 4.78 is 18.9. The van der Waals surface area contributed by atoms with Gasteiger partial charge in [0.15, 0.2) is 0 Å². The molecule has 0 unspecified atom stereocenters. The molecule has 4 rings (SSSR count). The molecule has 0 aliphatic heterocycles. The lowest BCUT2D eigenvalue weighted by Crippen LogP contribution is -2.12. The molecule has 2 N–H and O–H groups in total. The molecular formula is C25H21FN4O2. The third kappa shape index (κ3) is 5.26. The second-order valence-electron chi connectivity index (χ2n) is 6.92. The number of carbonyl (C=O) groups excluding carboxylic acids is 1. The van der Waals surface area contributed by atoms with E-state index < -0.39 is 0 Å². The first-order valence-corrected chi connectivity index (χ1v) is 10.1. The monoisotopic (exact) mass is 428 g/mol. The fourth-order valence-electron chi connectivity index (χ4n) is 3.12. The van der Waals surface area contributed by atoms with E-state index in [0.29, 0.717) is 40.6 Å². The van der Waals surface area contributed by atoms with E-state index in [4.69, 9.17) is 4.74 Å². The summed E-state index contributed by atoms with van der Waals surface area (Å²) in [7, 11) is 0. The second-order valence-corrected chi connectivity index (χ2v) is 6.92. The minimum absolute atomic E-state index is 0.235. The van der Waals surface area contributed by atoms with Crippen molar-refractivity contribution in [1.29, 1.82) is 0 Å². The molecule has 0 saturated carbocycles. The highest BCUT2D eigenvalue weighted by Gasteiger charge is 2.09. The highest BCUT2D eigenvalue weighted by Crippen LogP contribution is 2.23. The molecule has 0 aliphatic rings. The molecule has 6 nitrogen and oxygen atoms in total. The van der Waals surface area contributed by atoms with Gasteiger partial charge in [0.1, 0.15) is 23.7 Å². The first-order chi connectivity index (χ1) is 15.6. The number of anilines is 3. The molecule has 0 radical (unpaired) electrons. The SMILES string of the molecule is CCOc1ccc(NC(=O)c2cccc(Nc3cc(-c4cccc(F)c4)ncn3)c2)cc1. The Hall–Kier alpha value is -4.26. The van der Waals surface area contributed by atoms with Crippen molar-refractivity contribution >= 4 is 23.1 Å². The number of nitrogens with zero attached hydrogens (tertiary/aromatic N) is 2. The van der Waals surface area contributed by atoms with Crippen molar-refractivity contribution in [3.63, 3.8) is 0 Å². The maximum atomic E-state index is 13.5. The highest BCUT2D eigenvalue weighted by molar-refractivity contribution is 6.04. The zero-order valence-corrected chi connectivity index (χ0v) is 17.4. The van der Waals surface area contributed by atoms with E-state index in [0.717, 1.165) is 5.75 Å². The quantitative estimate of drug-likeness (QED) is 0.396. The summed E-state index contributed by atoms with van der Waals surface area (Å²) >= 11 is 0. The van der Waals surface area contributed by atoms with Gasteiger partial charge in [0, 0.05) is 28.6 Å². The zero-order chi connectivity index (χ0) is 22.3. The van der Waals surface area contributed by atoms with Crippen LogP contribution < -0.4 is 15.4 Å². The summed E-state index contributed by atoms with van der Waals surface area (Å²) in [6, 6.07) is 22.2. The molecule has 0 aliphatic carbocycles. The van der Waals surface area contributed by atoms with Gasteiger partial charge in [-0.1, -0.05) is 18.2 Å². The van der Waals surface area contributed by atoms with Crippen molar-refractivity contribution < 1.29 is 13.9 Å². The Balaban J connectivity index is 1.47. The van der Waals surface area contributed by atoms with Crippen LogP contribution in [-0.2, 0) is 0 Å². The molecule has 0 atom stereocenters. The topological polar surface area (TPSA) is 76.1 Å². The van der Waals surface area contributed by atoms with Crippen LogP contribution in [0.1, 0.15) is 17.3 Å². The van der Waals surface area contributed by atoms with Crippen molar-refractivity contribution in [3.05, 3.63) is 96.6 Å². The van der Waals surface area contributed by atoms with Gasteiger partial charge < -0.3 is 15.4 Å². The van der Waals surface area contributed by atoms with Crippen molar-refractivity contribution in [2.45, 2.75) is 6.92 Å². The van der Waals surface area contributed by atoms with Gasteiger partial charge in [-0.15, -0.1) is 0 Å². The van der Waals surface area contributed by atoms with E-state index in [2.05, 4.69) is 20.6 Å². The normalized spacial score (nSPS) is 10.4. The Kier molecular flexibility index (Phi) is 6.36. The van der Waals surface area contributed by atoms with Crippen LogP contribution in [0.2, 0.25) is 0 Å². The molecule has 32 heavy (non-hydrogen) atoms. The summed E-state index contributed by atoms with van der Waals surface area (Å²) in [5.74, 6) is 0.713.